The minimum atomic E-state index is -4.74. The van der Waals surface area contributed by atoms with E-state index < -0.39 is 30.5 Å². The fourth-order valence-electron chi connectivity index (χ4n) is 1.98. The van der Waals surface area contributed by atoms with Crippen molar-refractivity contribution in [2.75, 3.05) is 0 Å². The zero-order valence-corrected chi connectivity index (χ0v) is 12.7. The smallest absolute Gasteiger partial charge is 0.391 e. The highest BCUT2D eigenvalue weighted by Gasteiger charge is 2.37. The topological polar surface area (TPSA) is 88.8 Å². The maximum absolute atomic E-state index is 12.4. The fourth-order valence-corrected chi connectivity index (χ4v) is 1.98. The number of para-hydroxylation sites is 1. The minimum absolute atomic E-state index is 0.0692. The van der Waals surface area contributed by atoms with E-state index in [0.29, 0.717) is 5.75 Å². The average Bonchev–Trinajstić information content (AvgIpc) is 3.00. The number of rotatable bonds is 7. The van der Waals surface area contributed by atoms with Crippen LogP contribution in [0.25, 0.3) is 0 Å². The number of ether oxygens (including phenoxy) is 1. The number of alkyl halides is 3. The molecule has 0 spiro atoms. The van der Waals surface area contributed by atoms with E-state index in [0.717, 1.165) is 6.26 Å². The lowest BCUT2D eigenvalue weighted by molar-refractivity contribution is -0.157. The molecule has 9 heteroatoms. The molecule has 1 aromatic heterocycles. The van der Waals surface area contributed by atoms with Gasteiger partial charge < -0.3 is 19.6 Å². The molecule has 0 aliphatic rings. The van der Waals surface area contributed by atoms with E-state index in [1.165, 1.54) is 6.07 Å². The van der Waals surface area contributed by atoms with Crippen LogP contribution in [0.3, 0.4) is 0 Å². The molecule has 0 saturated heterocycles. The molecule has 134 valence electrons. The molecule has 2 rings (SSSR count). The number of carboxylic acid groups (broad SMARTS) is 1. The van der Waals surface area contributed by atoms with Gasteiger partial charge in [0, 0.05) is 5.56 Å². The lowest BCUT2D eigenvalue weighted by atomic mass is 10.2. The van der Waals surface area contributed by atoms with Gasteiger partial charge >= 0.3 is 12.1 Å². The van der Waals surface area contributed by atoms with E-state index in [4.69, 9.17) is 14.3 Å². The van der Waals surface area contributed by atoms with Crippen molar-refractivity contribution in [2.45, 2.75) is 25.2 Å². The van der Waals surface area contributed by atoms with E-state index in [-0.39, 0.29) is 17.9 Å². The van der Waals surface area contributed by atoms with Crippen LogP contribution in [0, 0.1) is 0 Å². The van der Waals surface area contributed by atoms with Gasteiger partial charge in [0.25, 0.3) is 5.91 Å². The van der Waals surface area contributed by atoms with Crippen LogP contribution in [-0.4, -0.2) is 29.2 Å². The number of nitrogens with one attached hydrogen (secondary N) is 1. The van der Waals surface area contributed by atoms with Crippen molar-refractivity contribution < 1.29 is 37.0 Å². The molecule has 25 heavy (non-hydrogen) atoms. The SMILES string of the molecule is O=C(NC(CC(F)(F)F)C(=O)O)c1occc1COc1ccccc1. The Hall–Kier alpha value is -2.97. The number of hydrogen-bond donors (Lipinski definition) is 2. The van der Waals surface area contributed by atoms with Gasteiger partial charge in [-0.25, -0.2) is 4.79 Å². The zero-order chi connectivity index (χ0) is 18.4. The van der Waals surface area contributed by atoms with Crippen molar-refractivity contribution in [2.24, 2.45) is 0 Å². The summed E-state index contributed by atoms with van der Waals surface area (Å²) in [4.78, 5) is 23.0. The van der Waals surface area contributed by atoms with Crippen LogP contribution >= 0.6 is 0 Å². The van der Waals surface area contributed by atoms with E-state index in [1.54, 1.807) is 35.6 Å². The third-order valence-corrected chi connectivity index (χ3v) is 3.13. The van der Waals surface area contributed by atoms with Gasteiger partial charge in [-0.3, -0.25) is 4.79 Å². The van der Waals surface area contributed by atoms with Gasteiger partial charge in [0.2, 0.25) is 0 Å². The summed E-state index contributed by atoms with van der Waals surface area (Å²) in [5, 5.41) is 10.6. The third-order valence-electron chi connectivity index (χ3n) is 3.13. The average molecular weight is 357 g/mol. The number of benzene rings is 1. The lowest BCUT2D eigenvalue weighted by Gasteiger charge is -2.16. The Labute approximate surface area is 140 Å². The second-order valence-electron chi connectivity index (χ2n) is 5.06. The first kappa shape index (κ1) is 18.4. The van der Waals surface area contributed by atoms with Crippen molar-refractivity contribution in [1.82, 2.24) is 5.32 Å². The minimum Gasteiger partial charge on any atom is -0.489 e. The number of carbonyl (C=O) groups is 2. The summed E-state index contributed by atoms with van der Waals surface area (Å²) in [5.41, 5.74) is 0.275. The normalized spacial score (nSPS) is 12.4. The zero-order valence-electron chi connectivity index (χ0n) is 12.7. The molecule has 1 amide bonds. The first-order valence-electron chi connectivity index (χ1n) is 7.11. The Bertz CT molecular complexity index is 727. The second-order valence-corrected chi connectivity index (χ2v) is 5.06. The Morgan fingerprint density at radius 2 is 1.88 bits per heavy atom. The van der Waals surface area contributed by atoms with Crippen molar-refractivity contribution in [1.29, 1.82) is 0 Å². The monoisotopic (exact) mass is 357 g/mol. The van der Waals surface area contributed by atoms with Gasteiger partial charge in [0.05, 0.1) is 12.7 Å². The van der Waals surface area contributed by atoms with Crippen molar-refractivity contribution >= 4 is 11.9 Å². The Kier molecular flexibility index (Phi) is 5.68. The highest BCUT2D eigenvalue weighted by molar-refractivity contribution is 5.95. The second kappa shape index (κ2) is 7.73. The van der Waals surface area contributed by atoms with Crippen LogP contribution in [0.15, 0.2) is 47.1 Å². The summed E-state index contributed by atoms with van der Waals surface area (Å²) in [7, 11) is 0. The highest BCUT2D eigenvalue weighted by Crippen LogP contribution is 2.22. The molecule has 0 bridgehead atoms. The Morgan fingerprint density at radius 1 is 1.20 bits per heavy atom. The summed E-state index contributed by atoms with van der Waals surface area (Å²) in [6.07, 6.45) is -5.26. The summed E-state index contributed by atoms with van der Waals surface area (Å²) < 4.78 is 47.6. The largest absolute Gasteiger partial charge is 0.489 e. The molecule has 0 radical (unpaired) electrons. The molecule has 1 atom stereocenters. The first-order valence-corrected chi connectivity index (χ1v) is 7.11. The lowest BCUT2D eigenvalue weighted by Crippen LogP contribution is -2.43. The van der Waals surface area contributed by atoms with Crippen LogP contribution in [0.4, 0.5) is 13.2 Å². The van der Waals surface area contributed by atoms with Crippen molar-refractivity contribution in [3.05, 3.63) is 54.0 Å². The number of aliphatic carboxylic acids is 1. The standard InChI is InChI=1S/C16H14F3NO5/c17-16(18,19)8-12(15(22)23)20-14(21)13-10(6-7-24-13)9-25-11-4-2-1-3-5-11/h1-7,12H,8-9H2,(H,20,21)(H,22,23). The Balaban J connectivity index is 2.04. The third kappa shape index (κ3) is 5.55. The summed E-state index contributed by atoms with van der Waals surface area (Å²) in [6.45, 7) is -0.0692. The molecular weight excluding hydrogens is 343 g/mol. The van der Waals surface area contributed by atoms with Gasteiger partial charge in [-0.1, -0.05) is 18.2 Å². The van der Waals surface area contributed by atoms with Crippen LogP contribution in [0.2, 0.25) is 0 Å². The quantitative estimate of drug-likeness (QED) is 0.795. The molecule has 1 aromatic carbocycles. The number of carbonyl (C=O) groups excluding carboxylic acids is 1. The van der Waals surface area contributed by atoms with E-state index >= 15 is 0 Å². The molecule has 0 saturated carbocycles. The molecule has 2 N–H and O–H groups in total. The number of furan rings is 1. The van der Waals surface area contributed by atoms with Gasteiger partial charge in [-0.05, 0) is 18.2 Å². The number of hydrogen-bond acceptors (Lipinski definition) is 4. The molecule has 1 heterocycles. The first-order chi connectivity index (χ1) is 11.8. The fraction of sp³-hybridized carbons (Fsp3) is 0.250. The number of carboxylic acids is 1. The molecule has 6 nitrogen and oxygen atoms in total. The van der Waals surface area contributed by atoms with Gasteiger partial charge in [0.15, 0.2) is 5.76 Å². The molecule has 0 aliphatic carbocycles. The molecular formula is C16H14F3NO5. The van der Waals surface area contributed by atoms with Crippen LogP contribution in [0.1, 0.15) is 22.5 Å². The summed E-state index contributed by atoms with van der Waals surface area (Å²) >= 11 is 0. The molecule has 0 aliphatic heterocycles. The molecule has 0 fully saturated rings. The van der Waals surface area contributed by atoms with Crippen molar-refractivity contribution in [3.63, 3.8) is 0 Å². The van der Waals surface area contributed by atoms with Crippen molar-refractivity contribution in [3.8, 4) is 5.75 Å². The number of amides is 1. The predicted octanol–water partition coefficient (Wildman–Crippen LogP) is 2.99. The number of halogens is 3. The van der Waals surface area contributed by atoms with Gasteiger partial charge in [0.1, 0.15) is 18.4 Å². The summed E-state index contributed by atoms with van der Waals surface area (Å²) in [5.74, 6) is -2.63. The van der Waals surface area contributed by atoms with Gasteiger partial charge in [-0.2, -0.15) is 13.2 Å². The van der Waals surface area contributed by atoms with Crippen LogP contribution in [0.5, 0.6) is 5.75 Å². The van der Waals surface area contributed by atoms with Crippen LogP contribution < -0.4 is 10.1 Å². The maximum atomic E-state index is 12.4. The van der Waals surface area contributed by atoms with Gasteiger partial charge in [-0.15, -0.1) is 0 Å². The molecule has 1 unspecified atom stereocenters. The van der Waals surface area contributed by atoms with E-state index in [1.807, 2.05) is 0 Å². The summed E-state index contributed by atoms with van der Waals surface area (Å²) in [6, 6.07) is 7.95. The maximum Gasteiger partial charge on any atom is 0.391 e. The Morgan fingerprint density at radius 3 is 2.48 bits per heavy atom. The van der Waals surface area contributed by atoms with Crippen LogP contribution in [-0.2, 0) is 11.4 Å². The van der Waals surface area contributed by atoms with E-state index in [2.05, 4.69) is 0 Å². The highest BCUT2D eigenvalue weighted by atomic mass is 19.4. The van der Waals surface area contributed by atoms with E-state index in [9.17, 15) is 22.8 Å². The predicted molar refractivity (Wildman–Crippen MR) is 79.0 cm³/mol. The molecule has 2 aromatic rings.